The maximum absolute atomic E-state index is 4.11. The first-order valence-electron chi connectivity index (χ1n) is 26.9. The zero-order valence-electron chi connectivity index (χ0n) is 54.0. The molecule has 0 unspecified atom stereocenters. The molecule has 8 aromatic heterocycles. The molecule has 0 spiro atoms. The molecule has 18 nitrogen and oxygen atoms in total. The molecule has 0 amide bonds. The number of rotatable bonds is 0. The van der Waals surface area contributed by atoms with Gasteiger partial charge in [0.15, 0.2) is 0 Å². The van der Waals surface area contributed by atoms with Crippen molar-refractivity contribution in [2.75, 3.05) is 0 Å². The van der Waals surface area contributed by atoms with Gasteiger partial charge in [-0.15, -0.1) is 0 Å². The number of hydrogen-bond donors (Lipinski definition) is 0. The summed E-state index contributed by atoms with van der Waals surface area (Å²) < 4.78 is 0. The Morgan fingerprint density at radius 2 is 0.410 bits per heavy atom. The molecule has 0 atom stereocenters. The molecule has 0 aliphatic carbocycles. The van der Waals surface area contributed by atoms with E-state index in [1.807, 2.05) is 232 Å². The maximum Gasteiger partial charge on any atom is 0.129 e. The van der Waals surface area contributed by atoms with Crippen molar-refractivity contribution >= 4 is 0 Å². The summed E-state index contributed by atoms with van der Waals surface area (Å²) in [5.74, 6) is 6.43. The second kappa shape index (κ2) is 55.7. The zero-order valence-corrected chi connectivity index (χ0v) is 54.0. The van der Waals surface area contributed by atoms with Crippen LogP contribution in [0.4, 0.5) is 0 Å². The molecule has 0 N–H and O–H groups in total. The Morgan fingerprint density at radius 1 is 0.205 bits per heavy atom. The number of hydrogen-bond acceptors (Lipinski definition) is 18. The largest absolute Gasteiger partial charge is 0.261 e. The van der Waals surface area contributed by atoms with Crippen LogP contribution in [0.5, 0.6) is 0 Å². The van der Waals surface area contributed by atoms with E-state index in [9.17, 15) is 0 Å². The van der Waals surface area contributed by atoms with Gasteiger partial charge in [-0.3, -0.25) is 19.9 Å². The molecule has 8 rings (SSSR count). The van der Waals surface area contributed by atoms with Gasteiger partial charge in [-0.05, 0) is 149 Å². The lowest BCUT2D eigenvalue weighted by atomic mass is 10.4. The van der Waals surface area contributed by atoms with Gasteiger partial charge in [0.2, 0.25) is 0 Å². The normalized spacial score (nSPS) is 8.38. The lowest BCUT2D eigenvalue weighted by Crippen LogP contribution is -1.97. The van der Waals surface area contributed by atoms with E-state index in [-0.39, 0.29) is 0 Å². The first-order valence-corrected chi connectivity index (χ1v) is 26.9. The number of nitrogens with zero attached hydrogens (tertiary/aromatic N) is 18. The summed E-state index contributed by atoms with van der Waals surface area (Å²) in [5.41, 5.74) is 10.1. The molecule has 8 aromatic rings. The minimum atomic E-state index is 0.792. The zero-order chi connectivity index (χ0) is 61.6. The number of aromatic nitrogens is 18. The van der Waals surface area contributed by atoms with E-state index in [0.717, 1.165) is 104 Å². The van der Waals surface area contributed by atoms with Crippen LogP contribution in [-0.4, -0.2) is 89.7 Å². The van der Waals surface area contributed by atoms with Gasteiger partial charge >= 0.3 is 0 Å². The topological polar surface area (TPSA) is 232 Å². The Morgan fingerprint density at radius 3 is 0.526 bits per heavy atom. The predicted octanol–water partition coefficient (Wildman–Crippen LogP) is 14.3. The van der Waals surface area contributed by atoms with Crippen molar-refractivity contribution in [3.05, 3.63) is 178 Å². The van der Waals surface area contributed by atoms with Crippen LogP contribution in [0.3, 0.4) is 0 Å². The van der Waals surface area contributed by atoms with Crippen LogP contribution in [-0.2, 0) is 0 Å². The Kier molecular flexibility index (Phi) is 58.5. The Balaban J connectivity index is -0.000000185. The molecule has 0 fully saturated rings. The standard InChI is InChI=1S/2C6H9N3.6C6H8N2.6C2H6/c2*1-4-7-5(2)9-6(3)8-4;2*1-5-3-7-4-6(2)8-5;2*1-5-3-6(2)8-4-7-5;2*1-5-3-4-7-6(2)8-5;6*1-2/h2*1-3H3;6*3-4H,1-2H3;6*1-2H3. The van der Waals surface area contributed by atoms with Gasteiger partial charge in [0.1, 0.15) is 59.2 Å². The second-order valence-electron chi connectivity index (χ2n) is 14.6. The summed E-state index contributed by atoms with van der Waals surface area (Å²) in [6, 6.07) is 7.65. The summed E-state index contributed by atoms with van der Waals surface area (Å²) in [4.78, 5) is 71.8. The average Bonchev–Trinajstić information content (AvgIpc) is 3.38. The summed E-state index contributed by atoms with van der Waals surface area (Å²) in [5, 5.41) is 0. The van der Waals surface area contributed by atoms with Crippen molar-refractivity contribution in [1.82, 2.24) is 89.7 Å². The van der Waals surface area contributed by atoms with Crippen LogP contribution in [0.1, 0.15) is 187 Å². The van der Waals surface area contributed by atoms with Crippen LogP contribution in [0, 0.1) is 125 Å². The van der Waals surface area contributed by atoms with Crippen molar-refractivity contribution < 1.29 is 0 Å². The molecule has 0 aromatic carbocycles. The van der Waals surface area contributed by atoms with Gasteiger partial charge < -0.3 is 0 Å². The molecule has 432 valence electrons. The molecule has 0 saturated heterocycles. The Hall–Kier alpha value is -7.50. The molecule has 0 aliphatic rings. The van der Waals surface area contributed by atoms with Crippen LogP contribution in [0.2, 0.25) is 0 Å². The Bertz CT molecular complexity index is 2030. The predicted molar refractivity (Wildman–Crippen MR) is 325 cm³/mol. The van der Waals surface area contributed by atoms with Crippen LogP contribution in [0.15, 0.2) is 74.1 Å². The van der Waals surface area contributed by atoms with Gasteiger partial charge in [0.05, 0.1) is 22.8 Å². The van der Waals surface area contributed by atoms with Crippen molar-refractivity contribution in [2.45, 2.75) is 208 Å². The van der Waals surface area contributed by atoms with E-state index in [1.54, 1.807) is 49.8 Å². The number of aryl methyl sites for hydroxylation is 18. The SMILES string of the molecule is CC.CC.CC.CC.CC.CC.Cc1cc(C)ncn1.Cc1cc(C)ncn1.Cc1ccnc(C)n1.Cc1ccnc(C)n1.Cc1cncc(C)n1.Cc1cncc(C)n1.Cc1nc(C)nc(C)n1.Cc1nc(C)nc(C)n1. The quantitative estimate of drug-likeness (QED) is 0.137. The minimum Gasteiger partial charge on any atom is -0.261 e. The highest BCUT2D eigenvalue weighted by atomic mass is 15.0. The minimum absolute atomic E-state index is 0.792. The summed E-state index contributed by atoms with van der Waals surface area (Å²) in [6.07, 6.45) is 13.6. The third-order valence-corrected chi connectivity index (χ3v) is 7.40. The molecule has 78 heavy (non-hydrogen) atoms. The highest BCUT2D eigenvalue weighted by Gasteiger charge is 1.93. The first-order chi connectivity index (χ1) is 37.1. The van der Waals surface area contributed by atoms with Gasteiger partial charge in [-0.2, -0.15) is 0 Å². The van der Waals surface area contributed by atoms with Crippen molar-refractivity contribution in [2.24, 2.45) is 0 Å². The van der Waals surface area contributed by atoms with Crippen LogP contribution >= 0.6 is 0 Å². The van der Waals surface area contributed by atoms with E-state index in [1.165, 1.54) is 0 Å². The van der Waals surface area contributed by atoms with Crippen molar-refractivity contribution in [3.8, 4) is 0 Å². The van der Waals surface area contributed by atoms with Gasteiger partial charge in [0.25, 0.3) is 0 Å². The van der Waals surface area contributed by atoms with Crippen LogP contribution < -0.4 is 0 Å². The Labute approximate surface area is 473 Å². The summed E-state index contributed by atoms with van der Waals surface area (Å²) in [6.45, 7) is 58.4. The highest BCUT2D eigenvalue weighted by Crippen LogP contribution is 1.95. The fourth-order valence-electron chi connectivity index (χ4n) is 5.06. The highest BCUT2D eigenvalue weighted by molar-refractivity contribution is 5.05. The summed E-state index contributed by atoms with van der Waals surface area (Å²) in [7, 11) is 0. The van der Waals surface area contributed by atoms with Gasteiger partial charge in [-0.1, -0.05) is 83.1 Å². The fourth-order valence-corrected chi connectivity index (χ4v) is 5.06. The smallest absolute Gasteiger partial charge is 0.129 e. The molecule has 0 aliphatic heterocycles. The third kappa shape index (κ3) is 53.3. The van der Waals surface area contributed by atoms with E-state index >= 15 is 0 Å². The van der Waals surface area contributed by atoms with E-state index in [0.29, 0.717) is 0 Å². The molecular formula is C60H102N18. The molecular weight excluding hydrogens is 973 g/mol. The second-order valence-corrected chi connectivity index (χ2v) is 14.6. The molecule has 8 heterocycles. The molecule has 0 radical (unpaired) electrons. The molecule has 0 bridgehead atoms. The average molecular weight is 1080 g/mol. The maximum atomic E-state index is 4.11. The third-order valence-electron chi connectivity index (χ3n) is 7.40. The summed E-state index contributed by atoms with van der Waals surface area (Å²) >= 11 is 0. The van der Waals surface area contributed by atoms with Crippen molar-refractivity contribution in [1.29, 1.82) is 0 Å². The van der Waals surface area contributed by atoms with E-state index in [4.69, 9.17) is 0 Å². The van der Waals surface area contributed by atoms with E-state index < -0.39 is 0 Å². The lowest BCUT2D eigenvalue weighted by molar-refractivity contribution is 0.874. The van der Waals surface area contributed by atoms with E-state index in [2.05, 4.69) is 89.7 Å². The van der Waals surface area contributed by atoms with Gasteiger partial charge in [0, 0.05) is 71.3 Å². The van der Waals surface area contributed by atoms with Crippen LogP contribution in [0.25, 0.3) is 0 Å². The molecule has 18 heteroatoms. The van der Waals surface area contributed by atoms with Gasteiger partial charge in [-0.25, -0.2) is 69.8 Å². The monoisotopic (exact) mass is 1070 g/mol. The fraction of sp³-hybridized carbons (Fsp3) is 0.500. The van der Waals surface area contributed by atoms with Crippen molar-refractivity contribution in [3.63, 3.8) is 0 Å². The first kappa shape index (κ1) is 81.9. The molecule has 0 saturated carbocycles. The lowest BCUT2D eigenvalue weighted by Gasteiger charge is -1.94.